The van der Waals surface area contributed by atoms with Gasteiger partial charge in [-0.2, -0.15) is 0 Å². The van der Waals surface area contributed by atoms with Crippen molar-refractivity contribution in [1.82, 2.24) is 15.2 Å². The molecule has 2 aromatic carbocycles. The lowest BCUT2D eigenvalue weighted by Gasteiger charge is -2.25. The van der Waals surface area contributed by atoms with E-state index >= 15 is 0 Å². The first-order valence-corrected chi connectivity index (χ1v) is 12.1. The van der Waals surface area contributed by atoms with Gasteiger partial charge < -0.3 is 10.2 Å². The van der Waals surface area contributed by atoms with E-state index in [1.807, 2.05) is 28.5 Å². The zero-order valence-electron chi connectivity index (χ0n) is 18.4. The zero-order valence-corrected chi connectivity index (χ0v) is 19.2. The summed E-state index contributed by atoms with van der Waals surface area (Å²) in [5.74, 6) is -0.0505. The van der Waals surface area contributed by atoms with Crippen molar-refractivity contribution in [3.8, 4) is 0 Å². The van der Waals surface area contributed by atoms with E-state index in [1.165, 1.54) is 16.7 Å². The molecule has 1 N–H and O–H groups in total. The van der Waals surface area contributed by atoms with Gasteiger partial charge in [0.15, 0.2) is 0 Å². The van der Waals surface area contributed by atoms with E-state index in [9.17, 15) is 9.59 Å². The maximum absolute atomic E-state index is 12.7. The molecule has 0 spiro atoms. The summed E-state index contributed by atoms with van der Waals surface area (Å²) in [6.07, 6.45) is 3.23. The predicted molar refractivity (Wildman–Crippen MR) is 127 cm³/mol. The van der Waals surface area contributed by atoms with Crippen LogP contribution in [0.15, 0.2) is 60.0 Å². The minimum atomic E-state index is -0.107. The molecular formula is C26H29N3O2S. The molecule has 6 heteroatoms. The smallest absolute Gasteiger partial charge is 0.223 e. The standard InChI is InChI=1S/C26H29N3O2S/c1-19-7-5-8-20(15-19)16-22-18-32-25(28-22)17-27-24(30)12-13-26(31)29-14-6-11-23(29)21-9-3-2-4-10-21/h2-5,7-10,15,18,23H,6,11-14,16-17H2,1H3,(H,27,30). The molecule has 0 aliphatic carbocycles. The largest absolute Gasteiger partial charge is 0.350 e. The molecule has 2 heterocycles. The summed E-state index contributed by atoms with van der Waals surface area (Å²) in [4.78, 5) is 31.6. The molecule has 0 saturated carbocycles. The lowest BCUT2D eigenvalue weighted by atomic mass is 10.0. The predicted octanol–water partition coefficient (Wildman–Crippen LogP) is 4.80. The van der Waals surface area contributed by atoms with Crippen LogP contribution in [-0.2, 0) is 22.6 Å². The number of benzene rings is 2. The van der Waals surface area contributed by atoms with Crippen LogP contribution in [0.1, 0.15) is 59.1 Å². The van der Waals surface area contributed by atoms with E-state index in [0.717, 1.165) is 36.5 Å². The maximum Gasteiger partial charge on any atom is 0.223 e. The number of thiazole rings is 1. The number of carbonyl (C=O) groups is 2. The quantitative estimate of drug-likeness (QED) is 0.539. The Kier molecular flexibility index (Phi) is 7.32. The minimum Gasteiger partial charge on any atom is -0.350 e. The lowest BCUT2D eigenvalue weighted by molar-refractivity contribution is -0.134. The highest BCUT2D eigenvalue weighted by Crippen LogP contribution is 2.32. The number of nitrogens with one attached hydrogen (secondary N) is 1. The fourth-order valence-electron chi connectivity index (χ4n) is 4.26. The Morgan fingerprint density at radius 1 is 1.12 bits per heavy atom. The maximum atomic E-state index is 12.7. The highest BCUT2D eigenvalue weighted by Gasteiger charge is 2.29. The van der Waals surface area contributed by atoms with Gasteiger partial charge in [-0.1, -0.05) is 60.2 Å². The van der Waals surface area contributed by atoms with E-state index in [2.05, 4.69) is 53.6 Å². The van der Waals surface area contributed by atoms with Gasteiger partial charge in [0.05, 0.1) is 18.3 Å². The molecule has 5 nitrogen and oxygen atoms in total. The first-order valence-electron chi connectivity index (χ1n) is 11.2. The third kappa shape index (κ3) is 5.82. The Morgan fingerprint density at radius 2 is 1.97 bits per heavy atom. The molecule has 4 rings (SSSR count). The van der Waals surface area contributed by atoms with Crippen molar-refractivity contribution in [1.29, 1.82) is 0 Å². The molecule has 1 unspecified atom stereocenters. The summed E-state index contributed by atoms with van der Waals surface area (Å²) >= 11 is 1.56. The topological polar surface area (TPSA) is 62.3 Å². The number of carbonyl (C=O) groups excluding carboxylic acids is 2. The molecule has 0 bridgehead atoms. The van der Waals surface area contributed by atoms with Crippen LogP contribution in [0.5, 0.6) is 0 Å². The number of aryl methyl sites for hydroxylation is 1. The lowest BCUT2D eigenvalue weighted by Crippen LogP contribution is -2.32. The highest BCUT2D eigenvalue weighted by atomic mass is 32.1. The highest BCUT2D eigenvalue weighted by molar-refractivity contribution is 7.09. The monoisotopic (exact) mass is 447 g/mol. The Bertz CT molecular complexity index is 1060. The molecule has 0 radical (unpaired) electrons. The number of aromatic nitrogens is 1. The Labute approximate surface area is 193 Å². The molecule has 1 saturated heterocycles. The second-order valence-electron chi connectivity index (χ2n) is 8.33. The second-order valence-corrected chi connectivity index (χ2v) is 9.27. The van der Waals surface area contributed by atoms with Crippen molar-refractivity contribution in [2.75, 3.05) is 6.54 Å². The van der Waals surface area contributed by atoms with E-state index in [4.69, 9.17) is 0 Å². The van der Waals surface area contributed by atoms with Crippen molar-refractivity contribution in [2.24, 2.45) is 0 Å². The van der Waals surface area contributed by atoms with Crippen LogP contribution in [0.2, 0.25) is 0 Å². The molecule has 166 valence electrons. The number of hydrogen-bond donors (Lipinski definition) is 1. The average Bonchev–Trinajstić information content (AvgIpc) is 3.46. The molecule has 3 aromatic rings. The molecular weight excluding hydrogens is 418 g/mol. The third-order valence-electron chi connectivity index (χ3n) is 5.83. The van der Waals surface area contributed by atoms with E-state index in [1.54, 1.807) is 11.3 Å². The summed E-state index contributed by atoms with van der Waals surface area (Å²) in [6.45, 7) is 3.26. The minimum absolute atomic E-state index is 0.0567. The average molecular weight is 448 g/mol. The molecule has 1 fully saturated rings. The van der Waals surface area contributed by atoms with Crippen LogP contribution in [0.3, 0.4) is 0 Å². The number of amides is 2. The van der Waals surface area contributed by atoms with Crippen molar-refractivity contribution in [3.63, 3.8) is 0 Å². The summed E-state index contributed by atoms with van der Waals surface area (Å²) in [5.41, 5.74) is 4.66. The van der Waals surface area contributed by atoms with Crippen molar-refractivity contribution >= 4 is 23.2 Å². The molecule has 1 aliphatic rings. The normalized spacial score (nSPS) is 15.7. The van der Waals surface area contributed by atoms with Gasteiger partial charge in [-0.15, -0.1) is 11.3 Å². The van der Waals surface area contributed by atoms with Crippen molar-refractivity contribution in [2.45, 2.75) is 51.6 Å². The Balaban J connectivity index is 1.22. The van der Waals surface area contributed by atoms with E-state index in [-0.39, 0.29) is 30.7 Å². The summed E-state index contributed by atoms with van der Waals surface area (Å²) in [5, 5.41) is 5.84. The SMILES string of the molecule is Cc1cccc(Cc2csc(CNC(=O)CCC(=O)N3CCCC3c3ccccc3)n2)c1. The molecule has 2 amide bonds. The Hall–Kier alpha value is -2.99. The van der Waals surface area contributed by atoms with E-state index < -0.39 is 0 Å². The van der Waals surface area contributed by atoms with Gasteiger partial charge in [-0.3, -0.25) is 9.59 Å². The van der Waals surface area contributed by atoms with Crippen LogP contribution in [0.25, 0.3) is 0 Å². The van der Waals surface area contributed by atoms with Gasteiger partial charge >= 0.3 is 0 Å². The van der Waals surface area contributed by atoms with Crippen LogP contribution in [-0.4, -0.2) is 28.2 Å². The van der Waals surface area contributed by atoms with E-state index in [0.29, 0.717) is 6.54 Å². The van der Waals surface area contributed by atoms with Gasteiger partial charge in [0.25, 0.3) is 0 Å². The van der Waals surface area contributed by atoms with Gasteiger partial charge in [-0.05, 0) is 30.9 Å². The zero-order chi connectivity index (χ0) is 22.3. The summed E-state index contributed by atoms with van der Waals surface area (Å²) < 4.78 is 0. The van der Waals surface area contributed by atoms with Gasteiger partial charge in [0.2, 0.25) is 11.8 Å². The van der Waals surface area contributed by atoms with Crippen LogP contribution in [0.4, 0.5) is 0 Å². The number of nitrogens with zero attached hydrogens (tertiary/aromatic N) is 2. The fraction of sp³-hybridized carbons (Fsp3) is 0.346. The summed E-state index contributed by atoms with van der Waals surface area (Å²) in [6, 6.07) is 18.7. The first-order chi connectivity index (χ1) is 15.6. The molecule has 32 heavy (non-hydrogen) atoms. The first kappa shape index (κ1) is 22.2. The van der Waals surface area contributed by atoms with Crippen LogP contribution in [0, 0.1) is 6.92 Å². The number of rotatable bonds is 8. The molecule has 1 aromatic heterocycles. The Morgan fingerprint density at radius 3 is 2.78 bits per heavy atom. The number of likely N-dealkylation sites (tertiary alicyclic amines) is 1. The van der Waals surface area contributed by atoms with Gasteiger partial charge in [0.1, 0.15) is 5.01 Å². The second kappa shape index (κ2) is 10.6. The van der Waals surface area contributed by atoms with Gasteiger partial charge in [-0.25, -0.2) is 4.98 Å². The van der Waals surface area contributed by atoms with Crippen LogP contribution < -0.4 is 5.32 Å². The molecule has 1 aliphatic heterocycles. The van der Waals surface area contributed by atoms with Crippen molar-refractivity contribution < 1.29 is 9.59 Å². The molecule has 1 atom stereocenters. The third-order valence-corrected chi connectivity index (χ3v) is 6.72. The van der Waals surface area contributed by atoms with Gasteiger partial charge in [0, 0.05) is 31.2 Å². The summed E-state index contributed by atoms with van der Waals surface area (Å²) in [7, 11) is 0. The number of hydrogen-bond acceptors (Lipinski definition) is 4. The van der Waals surface area contributed by atoms with Crippen LogP contribution >= 0.6 is 11.3 Å². The van der Waals surface area contributed by atoms with Crippen molar-refractivity contribution in [3.05, 3.63) is 87.4 Å². The fourth-order valence-corrected chi connectivity index (χ4v) is 4.99.